The molecule has 1 aromatic carbocycles. The van der Waals surface area contributed by atoms with Gasteiger partial charge in [-0.3, -0.25) is 0 Å². The summed E-state index contributed by atoms with van der Waals surface area (Å²) in [5, 5.41) is 10.3. The van der Waals surface area contributed by atoms with Crippen LogP contribution in [0.1, 0.15) is 44.6 Å². The zero-order valence-electron chi connectivity index (χ0n) is 15.0. The van der Waals surface area contributed by atoms with Gasteiger partial charge in [-0.2, -0.15) is 0 Å². The zero-order valence-corrected chi connectivity index (χ0v) is 15.0. The number of likely N-dealkylation sites (tertiary alicyclic amines) is 1. The van der Waals surface area contributed by atoms with Gasteiger partial charge in [-0.05, 0) is 50.6 Å². The molecule has 134 valence electrons. The van der Waals surface area contributed by atoms with Crippen LogP contribution in [-0.4, -0.2) is 49.5 Å². The van der Waals surface area contributed by atoms with Gasteiger partial charge in [0.05, 0.1) is 7.11 Å². The molecule has 1 saturated heterocycles. The minimum absolute atomic E-state index is 0.288. The predicted molar refractivity (Wildman–Crippen MR) is 98.7 cm³/mol. The molecule has 1 atom stereocenters. The van der Waals surface area contributed by atoms with Crippen molar-refractivity contribution in [1.82, 2.24) is 4.90 Å². The van der Waals surface area contributed by atoms with E-state index in [-0.39, 0.29) is 6.61 Å². The smallest absolute Gasteiger partial charge is 0.161 e. The number of hydrogen-bond donors (Lipinski definition) is 1. The minimum atomic E-state index is -0.482. The third-order valence-electron chi connectivity index (χ3n) is 4.40. The minimum Gasteiger partial charge on any atom is -0.493 e. The fourth-order valence-corrected chi connectivity index (χ4v) is 3.13. The molecule has 24 heavy (non-hydrogen) atoms. The average molecular weight is 333 g/mol. The van der Waals surface area contributed by atoms with Crippen molar-refractivity contribution in [3.05, 3.63) is 29.8 Å². The molecule has 2 rings (SSSR count). The third-order valence-corrected chi connectivity index (χ3v) is 4.40. The summed E-state index contributed by atoms with van der Waals surface area (Å²) in [6.07, 6.45) is 9.94. The van der Waals surface area contributed by atoms with Crippen molar-refractivity contribution in [2.45, 2.75) is 45.1 Å². The second-order valence-electron chi connectivity index (χ2n) is 6.44. The summed E-state index contributed by atoms with van der Waals surface area (Å²) < 4.78 is 11.2. The van der Waals surface area contributed by atoms with Gasteiger partial charge in [0.25, 0.3) is 0 Å². The third kappa shape index (κ3) is 6.17. The molecule has 1 fully saturated rings. The Balaban J connectivity index is 1.85. The molecule has 1 heterocycles. The number of methoxy groups -OCH3 is 1. The topological polar surface area (TPSA) is 41.9 Å². The highest BCUT2D eigenvalue weighted by Crippen LogP contribution is 2.28. The molecule has 0 aliphatic carbocycles. The van der Waals surface area contributed by atoms with Crippen LogP contribution < -0.4 is 9.47 Å². The van der Waals surface area contributed by atoms with E-state index in [0.29, 0.717) is 18.0 Å². The van der Waals surface area contributed by atoms with Crippen molar-refractivity contribution in [3.8, 4) is 11.5 Å². The molecule has 0 unspecified atom stereocenters. The van der Waals surface area contributed by atoms with E-state index in [1.54, 1.807) is 7.11 Å². The molecule has 0 radical (unpaired) electrons. The number of benzene rings is 1. The summed E-state index contributed by atoms with van der Waals surface area (Å²) >= 11 is 0. The lowest BCUT2D eigenvalue weighted by atomic mass is 10.1. The van der Waals surface area contributed by atoms with Crippen LogP contribution in [0.3, 0.4) is 0 Å². The van der Waals surface area contributed by atoms with Crippen molar-refractivity contribution >= 4 is 6.08 Å². The zero-order chi connectivity index (χ0) is 17.2. The Hall–Kier alpha value is -1.52. The van der Waals surface area contributed by atoms with Crippen LogP contribution in [0.5, 0.6) is 11.5 Å². The number of ether oxygens (including phenoxy) is 2. The van der Waals surface area contributed by atoms with Gasteiger partial charge in [-0.15, -0.1) is 0 Å². The Morgan fingerprint density at radius 1 is 1.12 bits per heavy atom. The number of nitrogens with zero attached hydrogens (tertiary/aromatic N) is 1. The summed E-state index contributed by atoms with van der Waals surface area (Å²) in [7, 11) is 1.64. The lowest BCUT2D eigenvalue weighted by Crippen LogP contribution is -2.37. The quantitative estimate of drug-likeness (QED) is 0.825. The Kier molecular flexibility index (Phi) is 8.13. The number of hydrogen-bond acceptors (Lipinski definition) is 4. The van der Waals surface area contributed by atoms with Crippen LogP contribution in [0, 0.1) is 0 Å². The first kappa shape index (κ1) is 18.8. The first-order chi connectivity index (χ1) is 11.7. The first-order valence-corrected chi connectivity index (χ1v) is 9.07. The molecule has 0 amide bonds. The van der Waals surface area contributed by atoms with Crippen LogP contribution in [-0.2, 0) is 0 Å². The molecular weight excluding hydrogens is 302 g/mol. The largest absolute Gasteiger partial charge is 0.493 e. The highest BCUT2D eigenvalue weighted by molar-refractivity contribution is 5.55. The Bertz CT molecular complexity index is 508. The fourth-order valence-electron chi connectivity index (χ4n) is 3.13. The molecule has 0 spiro atoms. The van der Waals surface area contributed by atoms with Crippen LogP contribution in [0.25, 0.3) is 6.08 Å². The van der Waals surface area contributed by atoms with Gasteiger partial charge in [-0.25, -0.2) is 0 Å². The average Bonchev–Trinajstić information content (AvgIpc) is 2.56. The van der Waals surface area contributed by atoms with Crippen molar-refractivity contribution in [2.24, 2.45) is 0 Å². The van der Waals surface area contributed by atoms with Crippen molar-refractivity contribution in [3.63, 3.8) is 0 Å². The van der Waals surface area contributed by atoms with E-state index in [1.165, 1.54) is 32.1 Å². The maximum absolute atomic E-state index is 10.3. The second kappa shape index (κ2) is 10.4. The van der Waals surface area contributed by atoms with Crippen LogP contribution >= 0.6 is 0 Å². The van der Waals surface area contributed by atoms with Crippen molar-refractivity contribution in [1.29, 1.82) is 0 Å². The van der Waals surface area contributed by atoms with Crippen molar-refractivity contribution < 1.29 is 14.6 Å². The molecule has 1 aromatic rings. The molecule has 0 saturated carbocycles. The number of rotatable bonds is 7. The van der Waals surface area contributed by atoms with Crippen molar-refractivity contribution in [2.75, 3.05) is 33.4 Å². The van der Waals surface area contributed by atoms with E-state index in [9.17, 15) is 5.11 Å². The Labute approximate surface area is 146 Å². The standard InChI is InChI=1S/C20H31NO3/c1-3-9-17-10-11-19(20(14-17)23-2)24-16-18(22)15-21-12-7-5-4-6-8-13-21/h3,9-11,14,18,22H,4-8,12-13,15-16H2,1-2H3/b9-3+/t18-/m0/s1. The molecule has 0 bridgehead atoms. The van der Waals surface area contributed by atoms with Crippen LogP contribution in [0.4, 0.5) is 0 Å². The van der Waals surface area contributed by atoms with Gasteiger partial charge in [-0.1, -0.05) is 37.5 Å². The van der Waals surface area contributed by atoms with E-state index in [4.69, 9.17) is 9.47 Å². The fraction of sp³-hybridized carbons (Fsp3) is 0.600. The summed E-state index contributed by atoms with van der Waals surface area (Å²) in [6, 6.07) is 5.83. The highest BCUT2D eigenvalue weighted by atomic mass is 16.5. The highest BCUT2D eigenvalue weighted by Gasteiger charge is 2.15. The molecular formula is C20H31NO3. The van der Waals surface area contributed by atoms with E-state index in [1.807, 2.05) is 37.3 Å². The number of β-amino-alcohol motifs (C(OH)–C–C–N with tert-alkyl or cyclic N) is 1. The van der Waals surface area contributed by atoms with Gasteiger partial charge in [0.15, 0.2) is 11.5 Å². The lowest BCUT2D eigenvalue weighted by Gasteiger charge is -2.26. The van der Waals surface area contributed by atoms with E-state index >= 15 is 0 Å². The van der Waals surface area contributed by atoms with Crippen LogP contribution in [0.2, 0.25) is 0 Å². The predicted octanol–water partition coefficient (Wildman–Crippen LogP) is 3.73. The normalized spacial score (nSPS) is 18.1. The molecule has 4 nitrogen and oxygen atoms in total. The summed E-state index contributed by atoms with van der Waals surface area (Å²) in [6.45, 7) is 5.11. The first-order valence-electron chi connectivity index (χ1n) is 9.07. The summed E-state index contributed by atoms with van der Waals surface area (Å²) in [4.78, 5) is 2.36. The van der Waals surface area contributed by atoms with E-state index in [2.05, 4.69) is 4.90 Å². The molecule has 1 aliphatic heterocycles. The maximum atomic E-state index is 10.3. The number of allylic oxidation sites excluding steroid dienone is 1. The van der Waals surface area contributed by atoms with Crippen LogP contribution in [0.15, 0.2) is 24.3 Å². The molecule has 1 aliphatic rings. The van der Waals surface area contributed by atoms with E-state index < -0.39 is 6.10 Å². The van der Waals surface area contributed by atoms with Gasteiger partial charge in [0, 0.05) is 6.54 Å². The monoisotopic (exact) mass is 333 g/mol. The SMILES string of the molecule is C/C=C/c1ccc(OC[C@@H](O)CN2CCCCCCC2)c(OC)c1. The second-order valence-corrected chi connectivity index (χ2v) is 6.44. The van der Waals surface area contributed by atoms with Gasteiger partial charge in [0.2, 0.25) is 0 Å². The summed E-state index contributed by atoms with van der Waals surface area (Å²) in [5.74, 6) is 1.38. The molecule has 1 N–H and O–H groups in total. The molecule has 0 aromatic heterocycles. The molecule has 4 heteroatoms. The summed E-state index contributed by atoms with van der Waals surface area (Å²) in [5.41, 5.74) is 1.07. The van der Waals surface area contributed by atoms with Gasteiger partial charge >= 0.3 is 0 Å². The maximum Gasteiger partial charge on any atom is 0.161 e. The lowest BCUT2D eigenvalue weighted by molar-refractivity contribution is 0.0645. The Morgan fingerprint density at radius 2 is 1.83 bits per heavy atom. The van der Waals surface area contributed by atoms with E-state index in [0.717, 1.165) is 18.7 Å². The number of aliphatic hydroxyl groups is 1. The number of aliphatic hydroxyl groups excluding tert-OH is 1. The Morgan fingerprint density at radius 3 is 2.50 bits per heavy atom. The van der Waals surface area contributed by atoms with Gasteiger partial charge < -0.3 is 19.5 Å². The van der Waals surface area contributed by atoms with Gasteiger partial charge in [0.1, 0.15) is 12.7 Å².